The zero-order valence-electron chi connectivity index (χ0n) is 18.4. The highest BCUT2D eigenvalue weighted by atomic mass is 16.5. The smallest absolute Gasteiger partial charge is 0.160 e. The van der Waals surface area contributed by atoms with Gasteiger partial charge in [-0.1, -0.05) is 12.1 Å². The van der Waals surface area contributed by atoms with E-state index in [0.29, 0.717) is 35.8 Å². The highest BCUT2D eigenvalue weighted by Gasteiger charge is 2.23. The molecular formula is C24H34O6. The zero-order chi connectivity index (χ0) is 21.9. The van der Waals surface area contributed by atoms with Gasteiger partial charge in [-0.25, -0.2) is 0 Å². The summed E-state index contributed by atoms with van der Waals surface area (Å²) in [6.45, 7) is 0.203. The van der Waals surface area contributed by atoms with Crippen molar-refractivity contribution >= 4 is 0 Å². The van der Waals surface area contributed by atoms with Gasteiger partial charge in [-0.3, -0.25) is 0 Å². The summed E-state index contributed by atoms with van der Waals surface area (Å²) >= 11 is 0. The first-order valence-electron chi connectivity index (χ1n) is 10.2. The van der Waals surface area contributed by atoms with Crippen molar-refractivity contribution in [2.75, 3.05) is 41.7 Å². The summed E-state index contributed by atoms with van der Waals surface area (Å²) in [5.41, 5.74) is 2.19. The Morgan fingerprint density at radius 1 is 0.667 bits per heavy atom. The van der Waals surface area contributed by atoms with Crippen LogP contribution in [0, 0.1) is 11.8 Å². The van der Waals surface area contributed by atoms with E-state index in [0.717, 1.165) is 24.0 Å². The largest absolute Gasteiger partial charge is 0.493 e. The molecule has 0 radical (unpaired) electrons. The lowest BCUT2D eigenvalue weighted by Crippen LogP contribution is -2.23. The van der Waals surface area contributed by atoms with Gasteiger partial charge in [0.25, 0.3) is 0 Å². The van der Waals surface area contributed by atoms with Gasteiger partial charge < -0.3 is 29.2 Å². The molecule has 0 spiro atoms. The molecule has 0 saturated carbocycles. The Labute approximate surface area is 179 Å². The molecule has 0 bridgehead atoms. The van der Waals surface area contributed by atoms with E-state index >= 15 is 0 Å². The number of rotatable bonds is 13. The Morgan fingerprint density at radius 3 is 1.53 bits per heavy atom. The Kier molecular flexibility index (Phi) is 9.77. The van der Waals surface area contributed by atoms with Crippen LogP contribution in [0.1, 0.15) is 24.0 Å². The maximum absolute atomic E-state index is 10.2. The molecule has 0 saturated heterocycles. The second kappa shape index (κ2) is 12.3. The van der Waals surface area contributed by atoms with Crippen LogP contribution in [0.4, 0.5) is 0 Å². The Bertz CT molecular complexity index is 776. The van der Waals surface area contributed by atoms with Crippen molar-refractivity contribution in [2.45, 2.75) is 25.7 Å². The molecule has 166 valence electrons. The molecule has 6 nitrogen and oxygen atoms in total. The lowest BCUT2D eigenvalue weighted by Gasteiger charge is -2.26. The maximum Gasteiger partial charge on any atom is 0.160 e. The molecule has 0 amide bonds. The number of aliphatic hydroxyl groups is 2. The molecule has 2 atom stereocenters. The molecule has 2 aromatic carbocycles. The first kappa shape index (κ1) is 23.8. The molecule has 0 heterocycles. The van der Waals surface area contributed by atoms with E-state index < -0.39 is 0 Å². The Balaban J connectivity index is 2.23. The van der Waals surface area contributed by atoms with Gasteiger partial charge in [0.05, 0.1) is 28.4 Å². The lowest BCUT2D eigenvalue weighted by molar-refractivity contribution is 0.158. The van der Waals surface area contributed by atoms with Gasteiger partial charge in [0.1, 0.15) is 0 Å². The highest BCUT2D eigenvalue weighted by Crippen LogP contribution is 2.33. The SMILES string of the molecule is COc1ccc(C[C@@H](CO)[C@H](CCCO)Cc2ccc(OC)c(OC)c2)cc1OC. The summed E-state index contributed by atoms with van der Waals surface area (Å²) in [5.74, 6) is 2.99. The zero-order valence-corrected chi connectivity index (χ0v) is 18.4. The fraction of sp³-hybridized carbons (Fsp3) is 0.500. The molecule has 0 fully saturated rings. The average molecular weight is 419 g/mol. The van der Waals surface area contributed by atoms with Gasteiger partial charge in [-0.05, 0) is 72.9 Å². The van der Waals surface area contributed by atoms with Crippen LogP contribution in [0.5, 0.6) is 23.0 Å². The quantitative estimate of drug-likeness (QED) is 0.518. The van der Waals surface area contributed by atoms with Crippen LogP contribution in [0.2, 0.25) is 0 Å². The van der Waals surface area contributed by atoms with E-state index in [9.17, 15) is 10.2 Å². The minimum absolute atomic E-state index is 0.0442. The second-order valence-electron chi connectivity index (χ2n) is 7.36. The van der Waals surface area contributed by atoms with Gasteiger partial charge in [-0.2, -0.15) is 0 Å². The van der Waals surface area contributed by atoms with Crippen LogP contribution in [-0.4, -0.2) is 51.9 Å². The average Bonchev–Trinajstić information content (AvgIpc) is 2.79. The molecule has 0 aliphatic rings. The number of methoxy groups -OCH3 is 4. The summed E-state index contributed by atoms with van der Waals surface area (Å²) < 4.78 is 21.5. The minimum atomic E-state index is 0.0442. The summed E-state index contributed by atoms with van der Waals surface area (Å²) in [5, 5.41) is 19.6. The van der Waals surface area contributed by atoms with Gasteiger partial charge in [0.15, 0.2) is 23.0 Å². The predicted molar refractivity (Wildman–Crippen MR) is 117 cm³/mol. The predicted octanol–water partition coefficient (Wildman–Crippen LogP) is 3.50. The molecule has 0 aromatic heterocycles. The molecule has 0 aliphatic heterocycles. The molecule has 6 heteroatoms. The number of hydrogen-bond donors (Lipinski definition) is 2. The van der Waals surface area contributed by atoms with E-state index in [4.69, 9.17) is 18.9 Å². The molecule has 30 heavy (non-hydrogen) atoms. The van der Waals surface area contributed by atoms with Crippen LogP contribution in [-0.2, 0) is 12.8 Å². The summed E-state index contributed by atoms with van der Waals surface area (Å²) in [6, 6.07) is 11.8. The van der Waals surface area contributed by atoms with Crippen molar-refractivity contribution in [1.29, 1.82) is 0 Å². The van der Waals surface area contributed by atoms with Crippen molar-refractivity contribution in [3.63, 3.8) is 0 Å². The number of aliphatic hydroxyl groups excluding tert-OH is 2. The first-order chi connectivity index (χ1) is 14.6. The fourth-order valence-corrected chi connectivity index (χ4v) is 3.86. The third-order valence-corrected chi connectivity index (χ3v) is 5.53. The number of benzene rings is 2. The standard InChI is InChI=1S/C24H34O6/c1-27-21-9-7-17(14-23(21)29-3)12-19(6-5-11-25)20(16-26)13-18-8-10-22(28-2)24(15-18)30-4/h7-10,14-15,19-20,25-26H,5-6,11-13,16H2,1-4H3/t19-,20+/m1/s1. The Hall–Kier alpha value is -2.44. The molecule has 0 aliphatic carbocycles. The third-order valence-electron chi connectivity index (χ3n) is 5.53. The highest BCUT2D eigenvalue weighted by molar-refractivity contribution is 5.44. The van der Waals surface area contributed by atoms with Crippen molar-refractivity contribution in [2.24, 2.45) is 11.8 Å². The fourth-order valence-electron chi connectivity index (χ4n) is 3.86. The van der Waals surface area contributed by atoms with E-state index in [2.05, 4.69) is 0 Å². The van der Waals surface area contributed by atoms with Crippen molar-refractivity contribution in [3.05, 3.63) is 47.5 Å². The molecular weight excluding hydrogens is 384 g/mol. The normalized spacial score (nSPS) is 12.9. The number of ether oxygens (including phenoxy) is 4. The monoisotopic (exact) mass is 418 g/mol. The van der Waals surface area contributed by atoms with E-state index in [1.807, 2.05) is 36.4 Å². The Morgan fingerprint density at radius 2 is 1.13 bits per heavy atom. The van der Waals surface area contributed by atoms with Gasteiger partial charge in [0, 0.05) is 13.2 Å². The van der Waals surface area contributed by atoms with Crippen LogP contribution < -0.4 is 18.9 Å². The topological polar surface area (TPSA) is 77.4 Å². The maximum atomic E-state index is 10.2. The van der Waals surface area contributed by atoms with Crippen LogP contribution in [0.3, 0.4) is 0 Å². The van der Waals surface area contributed by atoms with Gasteiger partial charge in [0.2, 0.25) is 0 Å². The summed E-state index contributed by atoms with van der Waals surface area (Å²) in [4.78, 5) is 0. The first-order valence-corrected chi connectivity index (χ1v) is 10.2. The van der Waals surface area contributed by atoms with Crippen LogP contribution in [0.25, 0.3) is 0 Å². The van der Waals surface area contributed by atoms with E-state index in [-0.39, 0.29) is 25.0 Å². The third kappa shape index (κ3) is 6.28. The van der Waals surface area contributed by atoms with Crippen molar-refractivity contribution in [3.8, 4) is 23.0 Å². The van der Waals surface area contributed by atoms with E-state index in [1.165, 1.54) is 0 Å². The van der Waals surface area contributed by atoms with Crippen molar-refractivity contribution in [1.82, 2.24) is 0 Å². The minimum Gasteiger partial charge on any atom is -0.493 e. The number of hydrogen-bond acceptors (Lipinski definition) is 6. The molecule has 2 N–H and O–H groups in total. The van der Waals surface area contributed by atoms with Crippen LogP contribution >= 0.6 is 0 Å². The summed E-state index contributed by atoms with van der Waals surface area (Å²) in [6.07, 6.45) is 3.00. The van der Waals surface area contributed by atoms with Gasteiger partial charge >= 0.3 is 0 Å². The summed E-state index contributed by atoms with van der Waals surface area (Å²) in [7, 11) is 6.47. The molecule has 0 unspecified atom stereocenters. The molecule has 2 aromatic rings. The van der Waals surface area contributed by atoms with Crippen LogP contribution in [0.15, 0.2) is 36.4 Å². The second-order valence-corrected chi connectivity index (χ2v) is 7.36. The van der Waals surface area contributed by atoms with Crippen molar-refractivity contribution < 1.29 is 29.2 Å². The van der Waals surface area contributed by atoms with Gasteiger partial charge in [-0.15, -0.1) is 0 Å². The molecule has 2 rings (SSSR count). The van der Waals surface area contributed by atoms with E-state index in [1.54, 1.807) is 28.4 Å². The lowest BCUT2D eigenvalue weighted by atomic mass is 9.80.